The topological polar surface area (TPSA) is 95.9 Å². The number of ether oxygens (including phenoxy) is 1. The standard InChI is InChI=1S/C28H32N2O5/c31-26(32)16-24(27(33)30-15-7-9-18-8-1-6-14-25(18)30)29-28(34)35-17-23-21-12-4-2-10-19(21)20-11-3-5-13-22(20)23/h2-5,10-13,18,23-25H,1,6-9,14-17H2,(H,29,34)(H,31,32)/t18-,24?,25-/m0/s1. The molecule has 1 aliphatic heterocycles. The van der Waals surface area contributed by atoms with E-state index >= 15 is 0 Å². The Balaban J connectivity index is 1.27. The number of aliphatic carboxylic acids is 1. The fourth-order valence-corrected chi connectivity index (χ4v) is 6.26. The van der Waals surface area contributed by atoms with E-state index in [1.54, 1.807) is 0 Å². The number of carbonyl (C=O) groups is 3. The predicted octanol–water partition coefficient (Wildman–Crippen LogP) is 4.55. The average Bonchev–Trinajstić information content (AvgIpc) is 3.20. The number of fused-ring (bicyclic) bond motifs is 4. The lowest BCUT2D eigenvalue weighted by Crippen LogP contribution is -2.56. The number of benzene rings is 2. The molecule has 5 rings (SSSR count). The molecule has 184 valence electrons. The van der Waals surface area contributed by atoms with Crippen molar-refractivity contribution in [2.45, 2.75) is 62.9 Å². The molecule has 0 bridgehead atoms. The summed E-state index contributed by atoms with van der Waals surface area (Å²) >= 11 is 0. The van der Waals surface area contributed by atoms with Crippen LogP contribution in [0.1, 0.15) is 62.0 Å². The molecule has 1 saturated carbocycles. The van der Waals surface area contributed by atoms with Crippen LogP contribution in [0, 0.1) is 5.92 Å². The first-order valence-electron chi connectivity index (χ1n) is 12.7. The number of nitrogens with one attached hydrogen (secondary N) is 1. The Bertz CT molecular complexity index is 1070. The predicted molar refractivity (Wildman–Crippen MR) is 131 cm³/mol. The Morgan fingerprint density at radius 3 is 2.26 bits per heavy atom. The fourth-order valence-electron chi connectivity index (χ4n) is 6.26. The Morgan fingerprint density at radius 2 is 1.57 bits per heavy atom. The molecule has 2 N–H and O–H groups in total. The van der Waals surface area contributed by atoms with Crippen molar-refractivity contribution in [1.29, 1.82) is 0 Å². The minimum Gasteiger partial charge on any atom is -0.481 e. The van der Waals surface area contributed by atoms with Crippen LogP contribution in [0.25, 0.3) is 11.1 Å². The molecule has 1 saturated heterocycles. The summed E-state index contributed by atoms with van der Waals surface area (Å²) in [6.07, 6.45) is 5.11. The summed E-state index contributed by atoms with van der Waals surface area (Å²) in [6, 6.07) is 15.1. The van der Waals surface area contributed by atoms with Crippen LogP contribution in [0.5, 0.6) is 0 Å². The highest BCUT2D eigenvalue weighted by molar-refractivity contribution is 5.89. The van der Waals surface area contributed by atoms with E-state index in [0.29, 0.717) is 12.5 Å². The molecule has 35 heavy (non-hydrogen) atoms. The van der Waals surface area contributed by atoms with Crippen molar-refractivity contribution in [3.63, 3.8) is 0 Å². The van der Waals surface area contributed by atoms with Crippen molar-refractivity contribution >= 4 is 18.0 Å². The number of piperidine rings is 1. The molecule has 1 heterocycles. The molecule has 0 radical (unpaired) electrons. The average molecular weight is 477 g/mol. The van der Waals surface area contributed by atoms with E-state index in [2.05, 4.69) is 17.4 Å². The van der Waals surface area contributed by atoms with Gasteiger partial charge in [-0.3, -0.25) is 9.59 Å². The van der Waals surface area contributed by atoms with Crippen molar-refractivity contribution in [3.8, 4) is 11.1 Å². The van der Waals surface area contributed by atoms with Gasteiger partial charge in [-0.2, -0.15) is 0 Å². The lowest BCUT2D eigenvalue weighted by atomic mass is 9.78. The summed E-state index contributed by atoms with van der Waals surface area (Å²) in [5.74, 6) is -1.06. The molecular weight excluding hydrogens is 444 g/mol. The van der Waals surface area contributed by atoms with Crippen LogP contribution in [0.4, 0.5) is 4.79 Å². The number of carboxylic acid groups (broad SMARTS) is 1. The number of alkyl carbamates (subject to hydrolysis) is 1. The van der Waals surface area contributed by atoms with Gasteiger partial charge in [0.15, 0.2) is 0 Å². The Morgan fingerprint density at radius 1 is 0.943 bits per heavy atom. The number of hydrogen-bond donors (Lipinski definition) is 2. The molecule has 2 aromatic rings. The minimum absolute atomic E-state index is 0.105. The number of amides is 2. The van der Waals surface area contributed by atoms with Crippen LogP contribution in [0.15, 0.2) is 48.5 Å². The quantitative estimate of drug-likeness (QED) is 0.638. The summed E-state index contributed by atoms with van der Waals surface area (Å²) in [4.78, 5) is 39.6. The SMILES string of the molecule is O=C(O)CC(NC(=O)OCC1c2ccccc2-c2ccccc21)C(=O)N1CCC[C@@H]2CCCC[C@@H]21. The first-order chi connectivity index (χ1) is 17.0. The number of nitrogens with zero attached hydrogens (tertiary/aromatic N) is 1. The summed E-state index contributed by atoms with van der Waals surface area (Å²) < 4.78 is 5.58. The second kappa shape index (κ2) is 10.1. The highest BCUT2D eigenvalue weighted by atomic mass is 16.5. The molecule has 1 unspecified atom stereocenters. The van der Waals surface area contributed by atoms with Gasteiger partial charge in [-0.15, -0.1) is 0 Å². The zero-order valence-corrected chi connectivity index (χ0v) is 19.8. The maximum absolute atomic E-state index is 13.4. The number of carbonyl (C=O) groups excluding carboxylic acids is 2. The van der Waals surface area contributed by atoms with Gasteiger partial charge in [0.2, 0.25) is 5.91 Å². The summed E-state index contributed by atoms with van der Waals surface area (Å²) in [5.41, 5.74) is 4.44. The van der Waals surface area contributed by atoms with Crippen LogP contribution in [-0.4, -0.2) is 53.2 Å². The first-order valence-corrected chi connectivity index (χ1v) is 12.7. The second-order valence-corrected chi connectivity index (χ2v) is 9.91. The van der Waals surface area contributed by atoms with Crippen LogP contribution in [0.2, 0.25) is 0 Å². The fraction of sp³-hybridized carbons (Fsp3) is 0.464. The highest BCUT2D eigenvalue weighted by Crippen LogP contribution is 2.44. The van der Waals surface area contributed by atoms with Gasteiger partial charge in [0.25, 0.3) is 0 Å². The Kier molecular flexibility index (Phi) is 6.75. The van der Waals surface area contributed by atoms with Gasteiger partial charge in [0.05, 0.1) is 6.42 Å². The zero-order chi connectivity index (χ0) is 24.4. The third-order valence-electron chi connectivity index (χ3n) is 7.84. The van der Waals surface area contributed by atoms with E-state index in [-0.39, 0.29) is 24.5 Å². The molecule has 2 aliphatic carbocycles. The van der Waals surface area contributed by atoms with Gasteiger partial charge in [-0.25, -0.2) is 4.79 Å². The van der Waals surface area contributed by atoms with Crippen molar-refractivity contribution < 1.29 is 24.2 Å². The molecule has 7 heteroatoms. The summed E-state index contributed by atoms with van der Waals surface area (Å²) in [5, 5.41) is 12.0. The largest absolute Gasteiger partial charge is 0.481 e. The van der Waals surface area contributed by atoms with Crippen LogP contribution < -0.4 is 5.32 Å². The molecule has 3 aliphatic rings. The summed E-state index contributed by atoms with van der Waals surface area (Å²) in [6.45, 7) is 0.727. The van der Waals surface area contributed by atoms with Gasteiger partial charge >= 0.3 is 12.1 Å². The van der Waals surface area contributed by atoms with Crippen molar-refractivity contribution in [2.75, 3.05) is 13.2 Å². The van der Waals surface area contributed by atoms with Gasteiger partial charge < -0.3 is 20.1 Å². The van der Waals surface area contributed by atoms with Crippen LogP contribution >= 0.6 is 0 Å². The number of rotatable bonds is 6. The molecule has 7 nitrogen and oxygen atoms in total. The Labute approximate surface area is 205 Å². The maximum Gasteiger partial charge on any atom is 0.407 e. The number of likely N-dealkylation sites (tertiary alicyclic amines) is 1. The molecule has 3 atom stereocenters. The lowest BCUT2D eigenvalue weighted by molar-refractivity contribution is -0.145. The van der Waals surface area contributed by atoms with Crippen LogP contribution in [0.3, 0.4) is 0 Å². The van der Waals surface area contributed by atoms with Crippen molar-refractivity contribution in [1.82, 2.24) is 10.2 Å². The lowest BCUT2D eigenvalue weighted by Gasteiger charge is -2.45. The molecular formula is C28H32N2O5. The van der Waals surface area contributed by atoms with E-state index < -0.39 is 24.5 Å². The maximum atomic E-state index is 13.4. The molecule has 2 fully saturated rings. The van der Waals surface area contributed by atoms with Crippen molar-refractivity contribution in [3.05, 3.63) is 59.7 Å². The molecule has 2 aromatic carbocycles. The molecule has 0 aromatic heterocycles. The van der Waals surface area contributed by atoms with Gasteiger partial charge in [-0.05, 0) is 53.9 Å². The van der Waals surface area contributed by atoms with E-state index in [1.165, 1.54) is 6.42 Å². The van der Waals surface area contributed by atoms with E-state index in [0.717, 1.165) is 54.4 Å². The minimum atomic E-state index is -1.14. The summed E-state index contributed by atoms with van der Waals surface area (Å²) in [7, 11) is 0. The Hall–Kier alpha value is -3.35. The van der Waals surface area contributed by atoms with E-state index in [4.69, 9.17) is 4.74 Å². The second-order valence-electron chi connectivity index (χ2n) is 9.91. The highest BCUT2D eigenvalue weighted by Gasteiger charge is 2.39. The zero-order valence-electron chi connectivity index (χ0n) is 19.8. The first kappa shape index (κ1) is 23.4. The van der Waals surface area contributed by atoms with Crippen molar-refractivity contribution in [2.24, 2.45) is 5.92 Å². The van der Waals surface area contributed by atoms with E-state index in [9.17, 15) is 19.5 Å². The van der Waals surface area contributed by atoms with Gasteiger partial charge in [-0.1, -0.05) is 61.4 Å². The van der Waals surface area contributed by atoms with E-state index in [1.807, 2.05) is 41.3 Å². The van der Waals surface area contributed by atoms with Gasteiger partial charge in [0, 0.05) is 18.5 Å². The number of hydrogen-bond acceptors (Lipinski definition) is 4. The third-order valence-corrected chi connectivity index (χ3v) is 7.84. The molecule has 2 amide bonds. The molecule has 0 spiro atoms. The van der Waals surface area contributed by atoms with Crippen LogP contribution in [-0.2, 0) is 14.3 Å². The number of carboxylic acids is 1. The normalized spacial score (nSPS) is 21.9. The monoisotopic (exact) mass is 476 g/mol. The third kappa shape index (κ3) is 4.77. The van der Waals surface area contributed by atoms with Gasteiger partial charge in [0.1, 0.15) is 12.6 Å². The smallest absolute Gasteiger partial charge is 0.407 e.